The highest BCUT2D eigenvalue weighted by Gasteiger charge is 2.05. The summed E-state index contributed by atoms with van der Waals surface area (Å²) in [4.78, 5) is 14.1. The highest BCUT2D eigenvalue weighted by molar-refractivity contribution is 5.77. The Hall–Kier alpha value is -1.64. The summed E-state index contributed by atoms with van der Waals surface area (Å²) in [5.74, 6) is 0.204. The molecule has 0 unspecified atom stereocenters. The van der Waals surface area contributed by atoms with Crippen LogP contribution in [0.4, 0.5) is 0 Å². The van der Waals surface area contributed by atoms with Crippen LogP contribution in [0.1, 0.15) is 18.5 Å². The summed E-state index contributed by atoms with van der Waals surface area (Å²) in [6, 6.07) is 5.73. The highest BCUT2D eigenvalue weighted by atomic mass is 16.1. The predicted octanol–water partition coefficient (Wildman–Crippen LogP) is 1.62. The molecule has 74 valence electrons. The van der Waals surface area contributed by atoms with Crippen molar-refractivity contribution in [3.8, 4) is 0 Å². The van der Waals surface area contributed by atoms with Gasteiger partial charge in [0.15, 0.2) is 0 Å². The summed E-state index contributed by atoms with van der Waals surface area (Å²) in [5.41, 5.74) is 0.924. The van der Waals surface area contributed by atoms with Gasteiger partial charge < -0.3 is 5.32 Å². The van der Waals surface area contributed by atoms with E-state index in [2.05, 4.69) is 16.9 Å². The lowest BCUT2D eigenvalue weighted by atomic mass is 10.4. The Labute approximate surface area is 83.9 Å². The normalized spacial score (nSPS) is 13.9. The van der Waals surface area contributed by atoms with Gasteiger partial charge in [0, 0.05) is 19.2 Å². The summed E-state index contributed by atoms with van der Waals surface area (Å²) in [6.45, 7) is 4.46. The molecular weight excluding hydrogens is 176 g/mol. The van der Waals surface area contributed by atoms with Gasteiger partial charge >= 0.3 is 0 Å². The van der Waals surface area contributed by atoms with E-state index in [9.17, 15) is 4.79 Å². The molecule has 0 radical (unpaired) electrons. The van der Waals surface area contributed by atoms with Crippen molar-refractivity contribution in [2.45, 2.75) is 12.8 Å². The van der Waals surface area contributed by atoms with Crippen LogP contribution in [0.2, 0.25) is 0 Å². The van der Waals surface area contributed by atoms with Gasteiger partial charge in [-0.25, -0.2) is 0 Å². The topological polar surface area (TPSA) is 42.0 Å². The number of carbonyl (C=O) groups excluding carboxylic acids is 1. The Kier molecular flexibility index (Phi) is 4.41. The average Bonchev–Trinajstić information content (AvgIpc) is 2.71. The Morgan fingerprint density at radius 1 is 1.50 bits per heavy atom. The lowest BCUT2D eigenvalue weighted by Crippen LogP contribution is -2.12. The second-order valence-corrected chi connectivity index (χ2v) is 2.91. The zero-order chi connectivity index (χ0) is 10.2. The van der Waals surface area contributed by atoms with Crippen LogP contribution in [0.3, 0.4) is 0 Å². The second-order valence-electron chi connectivity index (χ2n) is 2.91. The van der Waals surface area contributed by atoms with Gasteiger partial charge in [0.2, 0.25) is 5.91 Å². The van der Waals surface area contributed by atoms with Crippen molar-refractivity contribution < 1.29 is 4.79 Å². The van der Waals surface area contributed by atoms with E-state index in [0.717, 1.165) is 25.1 Å². The average molecular weight is 190 g/mol. The van der Waals surface area contributed by atoms with Gasteiger partial charge in [-0.3, -0.25) is 9.78 Å². The SMILES string of the molecule is C=Cc1ccccn1.O=C1CCCN1. The van der Waals surface area contributed by atoms with Crippen LogP contribution >= 0.6 is 0 Å². The van der Waals surface area contributed by atoms with Gasteiger partial charge in [-0.15, -0.1) is 0 Å². The zero-order valence-electron chi connectivity index (χ0n) is 8.07. The predicted molar refractivity (Wildman–Crippen MR) is 56.6 cm³/mol. The smallest absolute Gasteiger partial charge is 0.220 e. The Morgan fingerprint density at radius 2 is 2.36 bits per heavy atom. The van der Waals surface area contributed by atoms with Crippen molar-refractivity contribution in [2.24, 2.45) is 0 Å². The van der Waals surface area contributed by atoms with E-state index in [4.69, 9.17) is 0 Å². The van der Waals surface area contributed by atoms with Gasteiger partial charge in [0.05, 0.1) is 5.69 Å². The van der Waals surface area contributed by atoms with Crippen LogP contribution in [0.5, 0.6) is 0 Å². The maximum Gasteiger partial charge on any atom is 0.220 e. The third-order valence-electron chi connectivity index (χ3n) is 1.80. The number of carbonyl (C=O) groups is 1. The van der Waals surface area contributed by atoms with E-state index in [1.165, 1.54) is 0 Å². The maximum absolute atomic E-state index is 10.1. The Morgan fingerprint density at radius 3 is 2.64 bits per heavy atom. The minimum Gasteiger partial charge on any atom is -0.356 e. The Bertz CT molecular complexity index is 287. The fraction of sp³-hybridized carbons (Fsp3) is 0.273. The molecular formula is C11H14N2O. The fourth-order valence-electron chi connectivity index (χ4n) is 1.06. The molecule has 1 saturated heterocycles. The Balaban J connectivity index is 0.000000146. The molecule has 0 atom stereocenters. The molecule has 1 aromatic rings. The molecule has 0 aliphatic carbocycles. The van der Waals surface area contributed by atoms with Gasteiger partial charge in [-0.2, -0.15) is 0 Å². The van der Waals surface area contributed by atoms with E-state index < -0.39 is 0 Å². The first kappa shape index (κ1) is 10.4. The third-order valence-corrected chi connectivity index (χ3v) is 1.80. The summed E-state index contributed by atoms with van der Waals surface area (Å²) in [7, 11) is 0. The number of rotatable bonds is 1. The van der Waals surface area contributed by atoms with E-state index in [-0.39, 0.29) is 5.91 Å². The molecule has 1 N–H and O–H groups in total. The van der Waals surface area contributed by atoms with E-state index >= 15 is 0 Å². The summed E-state index contributed by atoms with van der Waals surface area (Å²) in [5, 5.41) is 2.68. The van der Waals surface area contributed by atoms with Crippen molar-refractivity contribution in [2.75, 3.05) is 6.54 Å². The van der Waals surface area contributed by atoms with Crippen molar-refractivity contribution in [3.63, 3.8) is 0 Å². The first-order valence-corrected chi connectivity index (χ1v) is 4.63. The summed E-state index contributed by atoms with van der Waals surface area (Å²) >= 11 is 0. The molecule has 1 fully saturated rings. The van der Waals surface area contributed by atoms with E-state index in [1.807, 2.05) is 18.2 Å². The number of nitrogens with one attached hydrogen (secondary N) is 1. The number of aromatic nitrogens is 1. The summed E-state index contributed by atoms with van der Waals surface area (Å²) in [6.07, 6.45) is 5.23. The van der Waals surface area contributed by atoms with Crippen molar-refractivity contribution in [3.05, 3.63) is 36.7 Å². The lowest BCUT2D eigenvalue weighted by Gasteiger charge is -1.84. The molecule has 1 amide bonds. The van der Waals surface area contributed by atoms with Crippen molar-refractivity contribution in [1.82, 2.24) is 10.3 Å². The van der Waals surface area contributed by atoms with Crippen LogP contribution in [0.25, 0.3) is 6.08 Å². The van der Waals surface area contributed by atoms with Crippen molar-refractivity contribution >= 4 is 12.0 Å². The molecule has 0 saturated carbocycles. The van der Waals surface area contributed by atoms with Gasteiger partial charge in [0.1, 0.15) is 0 Å². The summed E-state index contributed by atoms with van der Waals surface area (Å²) < 4.78 is 0. The molecule has 2 heterocycles. The molecule has 3 heteroatoms. The van der Waals surface area contributed by atoms with Gasteiger partial charge in [-0.1, -0.05) is 12.6 Å². The number of pyridine rings is 1. The minimum absolute atomic E-state index is 0.204. The zero-order valence-corrected chi connectivity index (χ0v) is 8.07. The van der Waals surface area contributed by atoms with Gasteiger partial charge in [0.25, 0.3) is 0 Å². The fourth-order valence-corrected chi connectivity index (χ4v) is 1.06. The molecule has 3 nitrogen and oxygen atoms in total. The third kappa shape index (κ3) is 3.85. The van der Waals surface area contributed by atoms with Crippen molar-refractivity contribution in [1.29, 1.82) is 0 Å². The number of nitrogens with zero attached hydrogens (tertiary/aromatic N) is 1. The second kappa shape index (κ2) is 5.91. The van der Waals surface area contributed by atoms with Crippen LogP contribution in [-0.2, 0) is 4.79 Å². The minimum atomic E-state index is 0.204. The number of hydrogen-bond donors (Lipinski definition) is 1. The molecule has 0 bridgehead atoms. The van der Waals surface area contributed by atoms with Crippen LogP contribution in [0, 0.1) is 0 Å². The molecule has 0 aromatic carbocycles. The highest BCUT2D eigenvalue weighted by Crippen LogP contribution is 1.93. The molecule has 1 aromatic heterocycles. The quantitative estimate of drug-likeness (QED) is 0.731. The largest absolute Gasteiger partial charge is 0.356 e. The number of amides is 1. The molecule has 0 spiro atoms. The molecule has 1 aliphatic heterocycles. The lowest BCUT2D eigenvalue weighted by molar-refractivity contribution is -0.119. The van der Waals surface area contributed by atoms with Crippen LogP contribution in [-0.4, -0.2) is 17.4 Å². The van der Waals surface area contributed by atoms with E-state index in [1.54, 1.807) is 12.3 Å². The maximum atomic E-state index is 10.1. The standard InChI is InChI=1S/C7H7N.C4H7NO/c1-2-7-5-3-4-6-8-7;6-4-2-1-3-5-4/h2-6H,1H2;1-3H2,(H,5,6). The van der Waals surface area contributed by atoms with Crippen LogP contribution < -0.4 is 5.32 Å². The molecule has 1 aliphatic rings. The first-order valence-electron chi connectivity index (χ1n) is 4.63. The first-order chi connectivity index (χ1) is 6.83. The molecule has 14 heavy (non-hydrogen) atoms. The van der Waals surface area contributed by atoms with Gasteiger partial charge in [-0.05, 0) is 24.6 Å². The number of hydrogen-bond acceptors (Lipinski definition) is 2. The molecule has 2 rings (SSSR count). The van der Waals surface area contributed by atoms with Crippen LogP contribution in [0.15, 0.2) is 31.0 Å². The monoisotopic (exact) mass is 190 g/mol. The van der Waals surface area contributed by atoms with E-state index in [0.29, 0.717) is 0 Å².